The Labute approximate surface area is 241 Å². The zero-order valence-electron chi connectivity index (χ0n) is 23.5. The zero-order valence-corrected chi connectivity index (χ0v) is 24.2. The maximum absolute atomic E-state index is 13.6. The molecular weight excluding hydrogens is 518 g/mol. The number of benzene rings is 3. The van der Waals surface area contributed by atoms with E-state index in [0.717, 1.165) is 64.2 Å². The van der Waals surface area contributed by atoms with Crippen LogP contribution in [0.4, 0.5) is 5.69 Å². The Morgan fingerprint density at radius 3 is 2.45 bits per heavy atom. The van der Waals surface area contributed by atoms with Crippen LogP contribution in [0.15, 0.2) is 77.3 Å². The second-order valence-corrected chi connectivity index (χ2v) is 11.1. The fraction of sp³-hybridized carbons (Fsp3) is 0.294. The molecule has 2 N–H and O–H groups in total. The summed E-state index contributed by atoms with van der Waals surface area (Å²) in [4.78, 5) is 15.5. The highest BCUT2D eigenvalue weighted by atomic mass is 35.5. The lowest BCUT2D eigenvalue weighted by Gasteiger charge is -2.40. The summed E-state index contributed by atoms with van der Waals surface area (Å²) in [6, 6.07) is 20.4. The van der Waals surface area contributed by atoms with Gasteiger partial charge in [0.1, 0.15) is 18.2 Å². The monoisotopic (exact) mass is 551 g/mol. The van der Waals surface area contributed by atoms with Gasteiger partial charge in [0.25, 0.3) is 0 Å². The van der Waals surface area contributed by atoms with Gasteiger partial charge >= 0.3 is 0 Å². The van der Waals surface area contributed by atoms with E-state index in [1.54, 1.807) is 0 Å². The summed E-state index contributed by atoms with van der Waals surface area (Å²) >= 11 is 6.12. The average molecular weight is 552 g/mol. The number of hydrogen-bond donors (Lipinski definition) is 1. The highest BCUT2D eigenvalue weighted by molar-refractivity contribution is 6.30. The van der Waals surface area contributed by atoms with Crippen LogP contribution in [0.3, 0.4) is 0 Å². The minimum atomic E-state index is -0.518. The Balaban J connectivity index is 1.61. The number of ether oxygens (including phenoxy) is 1. The Morgan fingerprint density at radius 1 is 1.02 bits per heavy atom. The number of hydrogen-bond acceptors (Lipinski definition) is 5. The smallest absolute Gasteiger partial charge is 0.161 e. The van der Waals surface area contributed by atoms with E-state index in [0.29, 0.717) is 35.0 Å². The van der Waals surface area contributed by atoms with Crippen LogP contribution in [0.2, 0.25) is 5.02 Å². The summed E-state index contributed by atoms with van der Waals surface area (Å²) < 4.78 is 6.19. The second kappa shape index (κ2) is 11.2. The quantitative estimate of drug-likeness (QED) is 0.339. The van der Waals surface area contributed by atoms with Crippen molar-refractivity contribution in [2.45, 2.75) is 65.9 Å². The number of aryl methyl sites for hydroxylation is 4. The lowest BCUT2D eigenvalue weighted by Crippen LogP contribution is -2.39. The molecule has 0 amide bonds. The molecule has 5 rings (SSSR count). The van der Waals surface area contributed by atoms with E-state index < -0.39 is 5.92 Å². The van der Waals surface area contributed by atoms with Crippen molar-refractivity contribution >= 4 is 23.1 Å². The molecule has 0 fully saturated rings. The summed E-state index contributed by atoms with van der Waals surface area (Å²) in [7, 11) is 0. The first-order valence-electron chi connectivity index (χ1n) is 13.8. The molecule has 0 aromatic heterocycles. The Bertz CT molecular complexity index is 1590. The van der Waals surface area contributed by atoms with Crippen LogP contribution >= 0.6 is 11.6 Å². The van der Waals surface area contributed by atoms with Crippen molar-refractivity contribution in [1.82, 2.24) is 0 Å². The van der Waals surface area contributed by atoms with Gasteiger partial charge in [-0.25, -0.2) is 0 Å². The number of nitrogens with two attached hydrogens (primary N) is 1. The summed E-state index contributed by atoms with van der Waals surface area (Å²) in [5.74, 6) is 0.717. The zero-order chi connectivity index (χ0) is 28.6. The molecule has 1 unspecified atom stereocenters. The van der Waals surface area contributed by atoms with Gasteiger partial charge in [0.05, 0.1) is 17.6 Å². The molecule has 3 aromatic rings. The Morgan fingerprint density at radius 2 is 1.77 bits per heavy atom. The van der Waals surface area contributed by atoms with Crippen molar-refractivity contribution < 1.29 is 9.53 Å². The number of nitriles is 1. The van der Waals surface area contributed by atoms with Crippen LogP contribution in [0.1, 0.15) is 65.5 Å². The molecule has 1 aliphatic heterocycles. The van der Waals surface area contributed by atoms with Crippen molar-refractivity contribution in [3.05, 3.63) is 116 Å². The molecule has 2 aliphatic rings. The highest BCUT2D eigenvalue weighted by Crippen LogP contribution is 2.47. The topological polar surface area (TPSA) is 79.3 Å². The molecule has 3 aromatic carbocycles. The minimum Gasteiger partial charge on any atom is -0.489 e. The molecular formula is C34H34ClN3O2. The molecule has 40 heavy (non-hydrogen) atoms. The molecule has 1 heterocycles. The van der Waals surface area contributed by atoms with E-state index in [2.05, 4.69) is 44.2 Å². The van der Waals surface area contributed by atoms with Crippen LogP contribution in [0.25, 0.3) is 0 Å². The van der Waals surface area contributed by atoms with E-state index in [-0.39, 0.29) is 5.78 Å². The molecule has 0 saturated heterocycles. The number of ketones is 1. The maximum atomic E-state index is 13.6. The number of halogens is 1. The van der Waals surface area contributed by atoms with Crippen LogP contribution in [0.5, 0.6) is 5.75 Å². The molecule has 6 heteroatoms. The lowest BCUT2D eigenvalue weighted by molar-refractivity contribution is -0.116. The van der Waals surface area contributed by atoms with Gasteiger partial charge in [-0.15, -0.1) is 0 Å². The largest absolute Gasteiger partial charge is 0.489 e. The molecule has 0 radical (unpaired) electrons. The van der Waals surface area contributed by atoms with E-state index in [9.17, 15) is 10.1 Å². The predicted octanol–water partition coefficient (Wildman–Crippen LogP) is 7.71. The van der Waals surface area contributed by atoms with Crippen LogP contribution < -0.4 is 15.4 Å². The van der Waals surface area contributed by atoms with Gasteiger partial charge in [-0.05, 0) is 104 Å². The summed E-state index contributed by atoms with van der Waals surface area (Å²) in [5.41, 5.74) is 15.8. The third kappa shape index (κ3) is 5.00. The third-order valence-corrected chi connectivity index (χ3v) is 8.31. The van der Waals surface area contributed by atoms with Crippen LogP contribution in [-0.4, -0.2) is 5.78 Å². The number of carbonyl (C=O) groups is 1. The molecule has 1 aliphatic carbocycles. The van der Waals surface area contributed by atoms with Gasteiger partial charge in [0, 0.05) is 28.4 Å². The number of nitrogens with zero attached hydrogens (tertiary/aromatic N) is 2. The second-order valence-electron chi connectivity index (χ2n) is 10.7. The number of anilines is 1. The summed E-state index contributed by atoms with van der Waals surface area (Å²) in [6.45, 7) is 8.52. The SMILES string of the molecule is CCc1ccc(N2C(N)=C(C#N)C(c3cc(COc4ccc(Cl)cc4C)c(C)cc3C)C3=C2CCCC3=O)cc1. The fourth-order valence-electron chi connectivity index (χ4n) is 5.89. The van der Waals surface area contributed by atoms with Crippen LogP contribution in [0, 0.1) is 32.1 Å². The lowest BCUT2D eigenvalue weighted by atomic mass is 9.74. The number of allylic oxidation sites excluding steroid dienone is 3. The standard InChI is InChI=1S/C34H34ClN3O2/c1-5-23-9-12-26(13-10-23)38-29-7-6-8-30(39)33(29)32(28(18-36)34(38)37)27-17-24(20(2)15-21(27)3)19-40-31-14-11-25(35)16-22(31)4/h9-17,32H,5-8,19,37H2,1-4H3. The van der Waals surface area contributed by atoms with E-state index >= 15 is 0 Å². The van der Waals surface area contributed by atoms with Crippen molar-refractivity contribution in [3.8, 4) is 11.8 Å². The van der Waals surface area contributed by atoms with Gasteiger partial charge in [-0.2, -0.15) is 5.26 Å². The van der Waals surface area contributed by atoms with E-state index in [4.69, 9.17) is 22.1 Å². The normalized spacial score (nSPS) is 17.1. The van der Waals surface area contributed by atoms with Crippen molar-refractivity contribution in [2.75, 3.05) is 4.90 Å². The number of carbonyl (C=O) groups excluding carboxylic acids is 1. The van der Waals surface area contributed by atoms with Crippen molar-refractivity contribution in [2.24, 2.45) is 5.73 Å². The van der Waals surface area contributed by atoms with Gasteiger partial charge in [-0.1, -0.05) is 42.8 Å². The molecule has 0 saturated carbocycles. The van der Waals surface area contributed by atoms with Crippen LogP contribution in [-0.2, 0) is 17.8 Å². The molecule has 1 atom stereocenters. The minimum absolute atomic E-state index is 0.0799. The highest BCUT2D eigenvalue weighted by Gasteiger charge is 2.41. The van der Waals surface area contributed by atoms with Gasteiger partial charge in [0.15, 0.2) is 5.78 Å². The fourth-order valence-corrected chi connectivity index (χ4v) is 6.11. The molecule has 204 valence electrons. The third-order valence-electron chi connectivity index (χ3n) is 8.07. The number of rotatable bonds is 6. The van der Waals surface area contributed by atoms with Crippen molar-refractivity contribution in [1.29, 1.82) is 5.26 Å². The first-order chi connectivity index (χ1) is 19.2. The van der Waals surface area contributed by atoms with Gasteiger partial charge in [-0.3, -0.25) is 9.69 Å². The average Bonchev–Trinajstić information content (AvgIpc) is 2.93. The predicted molar refractivity (Wildman–Crippen MR) is 160 cm³/mol. The maximum Gasteiger partial charge on any atom is 0.161 e. The van der Waals surface area contributed by atoms with E-state index in [1.165, 1.54) is 5.56 Å². The van der Waals surface area contributed by atoms with Gasteiger partial charge < -0.3 is 10.5 Å². The van der Waals surface area contributed by atoms with Gasteiger partial charge in [0.2, 0.25) is 0 Å². The summed E-state index contributed by atoms with van der Waals surface area (Å²) in [6.07, 6.45) is 2.88. The number of Topliss-reactive ketones (excluding diaryl/α,β-unsaturated/α-hetero) is 1. The first-order valence-corrected chi connectivity index (χ1v) is 14.1. The summed E-state index contributed by atoms with van der Waals surface area (Å²) in [5, 5.41) is 11.1. The van der Waals surface area contributed by atoms with E-state index in [1.807, 2.05) is 49.1 Å². The molecule has 0 spiro atoms. The Hall–Kier alpha value is -4.01. The Kier molecular flexibility index (Phi) is 7.74. The first kappa shape index (κ1) is 27.6. The molecule has 5 nitrogen and oxygen atoms in total. The van der Waals surface area contributed by atoms with Crippen molar-refractivity contribution in [3.63, 3.8) is 0 Å². The molecule has 0 bridgehead atoms.